The molecule has 0 saturated carbocycles. The minimum Gasteiger partial charge on any atom is -0.338 e. The van der Waals surface area contributed by atoms with E-state index in [9.17, 15) is 13.2 Å². The molecule has 0 heterocycles. The van der Waals surface area contributed by atoms with Crippen molar-refractivity contribution >= 4 is 33.7 Å². The Morgan fingerprint density at radius 3 is 2.32 bits per heavy atom. The van der Waals surface area contributed by atoms with Gasteiger partial charge in [0.1, 0.15) is 0 Å². The van der Waals surface area contributed by atoms with Crippen LogP contribution in [0.1, 0.15) is 11.1 Å². The number of carbonyl (C=O) groups is 1. The van der Waals surface area contributed by atoms with E-state index in [1.54, 1.807) is 36.5 Å². The molecule has 8 heteroatoms. The first-order valence-electron chi connectivity index (χ1n) is 7.43. The Labute approximate surface area is 151 Å². The van der Waals surface area contributed by atoms with E-state index >= 15 is 0 Å². The number of hydrogen-bond donors (Lipinski definition) is 3. The minimum absolute atomic E-state index is 0.0642. The highest BCUT2D eigenvalue weighted by Crippen LogP contribution is 2.10. The molecule has 0 fully saturated rings. The Hall–Kier alpha value is -2.35. The maximum atomic E-state index is 11.7. The molecule has 2 rings (SSSR count). The summed E-state index contributed by atoms with van der Waals surface area (Å²) in [5.74, 6) is 0. The Balaban J connectivity index is 1.74. The number of primary sulfonamides is 1. The summed E-state index contributed by atoms with van der Waals surface area (Å²) >= 11 is 5.79. The summed E-state index contributed by atoms with van der Waals surface area (Å²) in [6.07, 6.45) is 3.86. The third-order valence-corrected chi connectivity index (χ3v) is 4.49. The van der Waals surface area contributed by atoms with Gasteiger partial charge in [-0.25, -0.2) is 18.4 Å². The van der Waals surface area contributed by atoms with E-state index in [2.05, 4.69) is 10.6 Å². The molecule has 0 radical (unpaired) electrons. The lowest BCUT2D eigenvalue weighted by atomic mass is 10.1. The molecule has 0 atom stereocenters. The first-order chi connectivity index (χ1) is 11.8. The van der Waals surface area contributed by atoms with E-state index in [0.29, 0.717) is 18.0 Å². The molecule has 0 aliphatic carbocycles. The lowest BCUT2D eigenvalue weighted by molar-refractivity contribution is 0.244. The van der Waals surface area contributed by atoms with Crippen molar-refractivity contribution in [3.05, 3.63) is 70.9 Å². The second-order valence-electron chi connectivity index (χ2n) is 5.22. The predicted molar refractivity (Wildman–Crippen MR) is 98.5 cm³/mol. The highest BCUT2D eigenvalue weighted by Gasteiger charge is 2.06. The van der Waals surface area contributed by atoms with Gasteiger partial charge < -0.3 is 10.6 Å². The van der Waals surface area contributed by atoms with Crippen LogP contribution in [0.25, 0.3) is 6.08 Å². The average molecular weight is 380 g/mol. The van der Waals surface area contributed by atoms with Crippen LogP contribution in [0.2, 0.25) is 5.02 Å². The maximum Gasteiger partial charge on any atom is 0.318 e. The number of hydrogen-bond acceptors (Lipinski definition) is 3. The Morgan fingerprint density at radius 2 is 1.72 bits per heavy atom. The zero-order chi connectivity index (χ0) is 18.3. The van der Waals surface area contributed by atoms with Crippen molar-refractivity contribution in [1.29, 1.82) is 0 Å². The van der Waals surface area contributed by atoms with Gasteiger partial charge in [0, 0.05) is 17.8 Å². The van der Waals surface area contributed by atoms with Gasteiger partial charge in [-0.1, -0.05) is 35.9 Å². The van der Waals surface area contributed by atoms with Crippen molar-refractivity contribution in [1.82, 2.24) is 10.6 Å². The Bertz CT molecular complexity index is 848. The summed E-state index contributed by atoms with van der Waals surface area (Å²) in [5, 5.41) is 11.0. The molecule has 2 aromatic carbocycles. The summed E-state index contributed by atoms with van der Waals surface area (Å²) in [5.41, 5.74) is 1.81. The molecule has 6 nitrogen and oxygen atoms in total. The fraction of sp³-hybridized carbons (Fsp3) is 0.118. The van der Waals surface area contributed by atoms with Gasteiger partial charge in [0.15, 0.2) is 0 Å². The van der Waals surface area contributed by atoms with Gasteiger partial charge in [-0.05, 0) is 47.9 Å². The molecular formula is C17H18ClN3O3S. The largest absolute Gasteiger partial charge is 0.338 e. The molecule has 2 aromatic rings. The molecule has 2 amide bonds. The van der Waals surface area contributed by atoms with Crippen molar-refractivity contribution < 1.29 is 13.2 Å². The first kappa shape index (κ1) is 19.0. The zero-order valence-electron chi connectivity index (χ0n) is 13.3. The van der Waals surface area contributed by atoms with E-state index in [1.807, 2.05) is 12.1 Å². The highest BCUT2D eigenvalue weighted by molar-refractivity contribution is 7.89. The molecule has 0 spiro atoms. The number of urea groups is 1. The quantitative estimate of drug-likeness (QED) is 0.718. The van der Waals surface area contributed by atoms with Crippen LogP contribution in [0.4, 0.5) is 4.79 Å². The smallest absolute Gasteiger partial charge is 0.318 e. The topological polar surface area (TPSA) is 101 Å². The number of sulfonamides is 1. The molecule has 4 N–H and O–H groups in total. The molecule has 0 unspecified atom stereocenters. The van der Waals surface area contributed by atoms with E-state index in [4.69, 9.17) is 16.7 Å². The highest BCUT2D eigenvalue weighted by atomic mass is 35.5. The third-order valence-electron chi connectivity index (χ3n) is 3.31. The number of carbonyl (C=O) groups excluding carboxylic acids is 1. The zero-order valence-corrected chi connectivity index (χ0v) is 14.8. The van der Waals surface area contributed by atoms with Crippen molar-refractivity contribution in [2.75, 3.05) is 6.54 Å². The second kappa shape index (κ2) is 8.66. The molecule has 0 bridgehead atoms. The van der Waals surface area contributed by atoms with Gasteiger partial charge in [0.05, 0.1) is 4.90 Å². The molecule has 0 saturated heterocycles. The van der Waals surface area contributed by atoms with Crippen molar-refractivity contribution in [2.24, 2.45) is 5.14 Å². The van der Waals surface area contributed by atoms with Crippen molar-refractivity contribution in [3.8, 4) is 0 Å². The lowest BCUT2D eigenvalue weighted by Crippen LogP contribution is -2.33. The third kappa shape index (κ3) is 6.58. The predicted octanol–water partition coefficient (Wildman–Crippen LogP) is 2.50. The fourth-order valence-electron chi connectivity index (χ4n) is 2.00. The Kier molecular flexibility index (Phi) is 6.58. The van der Waals surface area contributed by atoms with Gasteiger partial charge in [0.2, 0.25) is 10.0 Å². The number of nitrogens with one attached hydrogen (secondary N) is 2. The van der Waals surface area contributed by atoms with Crippen molar-refractivity contribution in [3.63, 3.8) is 0 Å². The van der Waals surface area contributed by atoms with E-state index in [-0.39, 0.29) is 10.9 Å². The maximum absolute atomic E-state index is 11.7. The summed E-state index contributed by atoms with van der Waals surface area (Å²) in [6, 6.07) is 13.1. The van der Waals surface area contributed by atoms with E-state index in [1.165, 1.54) is 12.1 Å². The molecule has 0 aromatic heterocycles. The summed E-state index contributed by atoms with van der Waals surface area (Å²) in [6.45, 7) is 0.412. The molecule has 0 aliphatic heterocycles. The SMILES string of the molecule is NS(=O)(=O)c1ccc(CCNC(=O)N/C=C/c2ccc(Cl)cc2)cc1. The van der Waals surface area contributed by atoms with Crippen LogP contribution in [-0.2, 0) is 16.4 Å². The van der Waals surface area contributed by atoms with Crippen LogP contribution in [0.3, 0.4) is 0 Å². The second-order valence-corrected chi connectivity index (χ2v) is 7.22. The van der Waals surface area contributed by atoms with Crippen LogP contribution in [0.15, 0.2) is 59.6 Å². The van der Waals surface area contributed by atoms with Gasteiger partial charge in [-0.2, -0.15) is 0 Å². The number of halogens is 1. The monoisotopic (exact) mass is 379 g/mol. The summed E-state index contributed by atoms with van der Waals surface area (Å²) in [7, 11) is -3.68. The average Bonchev–Trinajstić information content (AvgIpc) is 2.56. The molecular weight excluding hydrogens is 362 g/mol. The molecule has 132 valence electrons. The van der Waals surface area contributed by atoms with Gasteiger partial charge in [-0.15, -0.1) is 0 Å². The fourth-order valence-corrected chi connectivity index (χ4v) is 2.65. The number of rotatable bonds is 6. The molecule has 0 aliphatic rings. The standard InChI is InChI=1S/C17H18ClN3O3S/c18-15-5-1-13(2-6-15)9-11-20-17(22)21-12-10-14-3-7-16(8-4-14)25(19,23)24/h1-9,11H,10,12H2,(H2,19,23,24)(H2,20,21,22)/b11-9+. The van der Waals surface area contributed by atoms with E-state index < -0.39 is 10.0 Å². The van der Waals surface area contributed by atoms with Crippen LogP contribution in [0, 0.1) is 0 Å². The van der Waals surface area contributed by atoms with Crippen LogP contribution < -0.4 is 15.8 Å². The Morgan fingerprint density at radius 1 is 1.08 bits per heavy atom. The van der Waals surface area contributed by atoms with Crippen molar-refractivity contribution in [2.45, 2.75) is 11.3 Å². The lowest BCUT2D eigenvalue weighted by Gasteiger charge is -2.05. The van der Waals surface area contributed by atoms with Crippen LogP contribution in [-0.4, -0.2) is 21.0 Å². The normalized spacial score (nSPS) is 11.4. The molecule has 25 heavy (non-hydrogen) atoms. The van der Waals surface area contributed by atoms with Gasteiger partial charge in [-0.3, -0.25) is 0 Å². The van der Waals surface area contributed by atoms with Crippen LogP contribution >= 0.6 is 11.6 Å². The van der Waals surface area contributed by atoms with E-state index in [0.717, 1.165) is 11.1 Å². The van der Waals surface area contributed by atoms with Crippen LogP contribution in [0.5, 0.6) is 0 Å². The number of benzene rings is 2. The first-order valence-corrected chi connectivity index (χ1v) is 9.35. The summed E-state index contributed by atoms with van der Waals surface area (Å²) < 4.78 is 22.3. The van der Waals surface area contributed by atoms with Gasteiger partial charge in [0.25, 0.3) is 0 Å². The van der Waals surface area contributed by atoms with Gasteiger partial charge >= 0.3 is 6.03 Å². The minimum atomic E-state index is -3.68. The number of amides is 2. The summed E-state index contributed by atoms with van der Waals surface area (Å²) in [4.78, 5) is 11.7. The number of nitrogens with two attached hydrogens (primary N) is 1.